The van der Waals surface area contributed by atoms with Crippen LogP contribution in [0.3, 0.4) is 0 Å². The van der Waals surface area contributed by atoms with Crippen LogP contribution in [0.5, 0.6) is 0 Å². The summed E-state index contributed by atoms with van der Waals surface area (Å²) in [5.41, 5.74) is 4.61. The Kier molecular flexibility index (Phi) is 5.48. The summed E-state index contributed by atoms with van der Waals surface area (Å²) < 4.78 is 40.2. The van der Waals surface area contributed by atoms with Crippen molar-refractivity contribution in [1.29, 1.82) is 5.26 Å². The van der Waals surface area contributed by atoms with Crippen LogP contribution in [0.25, 0.3) is 0 Å². The van der Waals surface area contributed by atoms with Gasteiger partial charge >= 0.3 is 12.3 Å². The molecule has 0 aliphatic carbocycles. The molecule has 0 aromatic carbocycles. The molecule has 8 heteroatoms. The molecule has 5 nitrogen and oxygen atoms in total. The van der Waals surface area contributed by atoms with E-state index in [2.05, 4.69) is 15.8 Å². The number of nitrogens with two attached hydrogens (primary N) is 1. The highest BCUT2D eigenvalue weighted by atomic mass is 19.4. The monoisotopic (exact) mass is 225 g/mol. The Morgan fingerprint density at radius 1 is 1.60 bits per heavy atom. The lowest BCUT2D eigenvalue weighted by molar-refractivity contribution is -0.157. The van der Waals surface area contributed by atoms with E-state index in [1.807, 2.05) is 0 Å². The summed E-state index contributed by atoms with van der Waals surface area (Å²) in [7, 11) is 0. The number of primary amides is 1. The van der Waals surface area contributed by atoms with Gasteiger partial charge in [-0.15, -0.1) is 0 Å². The third-order valence-corrected chi connectivity index (χ3v) is 1.42. The van der Waals surface area contributed by atoms with Gasteiger partial charge in [-0.3, -0.25) is 0 Å². The average Bonchev–Trinajstić information content (AvgIpc) is 2.08. The molecule has 0 heterocycles. The Bertz CT molecular complexity index is 249. The Morgan fingerprint density at radius 2 is 2.20 bits per heavy atom. The minimum absolute atomic E-state index is 0.0111. The van der Waals surface area contributed by atoms with E-state index in [0.717, 1.165) is 6.07 Å². The molecular weight excluding hydrogens is 215 g/mol. The summed E-state index contributed by atoms with van der Waals surface area (Å²) in [6.07, 6.45) is -5.55. The zero-order valence-corrected chi connectivity index (χ0v) is 7.67. The second-order valence-electron chi connectivity index (χ2n) is 2.59. The van der Waals surface area contributed by atoms with Gasteiger partial charge in [0.05, 0.1) is 6.07 Å². The maximum absolute atomic E-state index is 12.0. The Morgan fingerprint density at radius 3 is 2.60 bits per heavy atom. The predicted molar refractivity (Wildman–Crippen MR) is 43.6 cm³/mol. The van der Waals surface area contributed by atoms with Gasteiger partial charge < -0.3 is 15.8 Å². The lowest BCUT2D eigenvalue weighted by Crippen LogP contribution is -2.34. The van der Waals surface area contributed by atoms with Crippen LogP contribution < -0.4 is 11.1 Å². The lowest BCUT2D eigenvalue weighted by Gasteiger charge is -2.13. The lowest BCUT2D eigenvalue weighted by atomic mass is 10.1. The van der Waals surface area contributed by atoms with E-state index in [-0.39, 0.29) is 13.2 Å². The maximum atomic E-state index is 12.0. The fraction of sp³-hybridized carbons (Fsp3) is 0.714. The Hall–Kier alpha value is -1.49. The van der Waals surface area contributed by atoms with E-state index in [0.29, 0.717) is 0 Å². The van der Waals surface area contributed by atoms with Crippen LogP contribution in [0.15, 0.2) is 0 Å². The molecule has 0 fully saturated rings. The number of hydrogen-bond donors (Lipinski definition) is 2. The highest BCUT2D eigenvalue weighted by Crippen LogP contribution is 2.24. The summed E-state index contributed by atoms with van der Waals surface area (Å²) >= 11 is 0. The number of nitrogens with one attached hydrogen (secondary N) is 1. The highest BCUT2D eigenvalue weighted by molar-refractivity contribution is 5.64. The normalized spacial score (nSPS) is 12.9. The first-order chi connectivity index (χ1) is 6.88. The van der Waals surface area contributed by atoms with Crippen LogP contribution in [-0.2, 0) is 4.74 Å². The number of halogens is 3. The number of nitriles is 1. The maximum Gasteiger partial charge on any atom is 0.405 e. The van der Waals surface area contributed by atoms with E-state index >= 15 is 0 Å². The van der Waals surface area contributed by atoms with Crippen molar-refractivity contribution in [1.82, 2.24) is 5.32 Å². The summed E-state index contributed by atoms with van der Waals surface area (Å²) in [6.45, 7) is -0.662. The number of hydrogen-bond acceptors (Lipinski definition) is 4. The number of carbonyl (C=O) groups is 1. The first-order valence-corrected chi connectivity index (χ1v) is 3.97. The zero-order chi connectivity index (χ0) is 11.9. The summed E-state index contributed by atoms with van der Waals surface area (Å²) in [5.74, 6) is -2.06. The van der Waals surface area contributed by atoms with Gasteiger partial charge in [0.15, 0.2) is 5.92 Å². The second kappa shape index (κ2) is 6.08. The molecule has 0 aromatic heterocycles. The third kappa shape index (κ3) is 6.56. The van der Waals surface area contributed by atoms with E-state index in [9.17, 15) is 18.0 Å². The molecule has 0 aliphatic heterocycles. The Labute approximate surface area is 84.0 Å². The molecule has 1 atom stereocenters. The molecule has 0 rings (SSSR count). The fourth-order valence-corrected chi connectivity index (χ4v) is 0.705. The van der Waals surface area contributed by atoms with Crippen LogP contribution in [0.1, 0.15) is 0 Å². The van der Waals surface area contributed by atoms with E-state index in [4.69, 9.17) is 5.26 Å². The van der Waals surface area contributed by atoms with Crippen LogP contribution in [0.4, 0.5) is 18.0 Å². The standard InChI is InChI=1S/C7H10F3N3O2/c8-7(9,10)5(3-11)4-13-1-2-15-6(12)14/h5,13H,1-2,4H2,(H2,12,14). The molecule has 3 N–H and O–H groups in total. The van der Waals surface area contributed by atoms with Gasteiger partial charge in [0.1, 0.15) is 6.61 Å². The van der Waals surface area contributed by atoms with E-state index in [1.165, 1.54) is 0 Å². The van der Waals surface area contributed by atoms with Crippen LogP contribution in [0, 0.1) is 17.2 Å². The molecule has 1 unspecified atom stereocenters. The number of amides is 1. The molecule has 0 spiro atoms. The molecule has 0 radical (unpaired) electrons. The molecule has 0 saturated carbocycles. The molecule has 0 saturated heterocycles. The first-order valence-electron chi connectivity index (χ1n) is 3.97. The van der Waals surface area contributed by atoms with Gasteiger partial charge in [0.2, 0.25) is 0 Å². The fourth-order valence-electron chi connectivity index (χ4n) is 0.705. The minimum Gasteiger partial charge on any atom is -0.448 e. The first kappa shape index (κ1) is 13.5. The van der Waals surface area contributed by atoms with Gasteiger partial charge in [-0.1, -0.05) is 0 Å². The van der Waals surface area contributed by atoms with E-state index < -0.39 is 24.7 Å². The van der Waals surface area contributed by atoms with Crippen molar-refractivity contribution in [3.63, 3.8) is 0 Å². The molecule has 86 valence electrons. The Balaban J connectivity index is 3.67. The van der Waals surface area contributed by atoms with Gasteiger partial charge in [-0.2, -0.15) is 18.4 Å². The van der Waals surface area contributed by atoms with Crippen molar-refractivity contribution >= 4 is 6.09 Å². The SMILES string of the molecule is N#CC(CNCCOC(N)=O)C(F)(F)F. The summed E-state index contributed by atoms with van der Waals surface area (Å²) in [6, 6.07) is 1.12. The van der Waals surface area contributed by atoms with Crippen molar-refractivity contribution in [2.75, 3.05) is 19.7 Å². The van der Waals surface area contributed by atoms with E-state index in [1.54, 1.807) is 0 Å². The number of ether oxygens (including phenoxy) is 1. The van der Waals surface area contributed by atoms with Gasteiger partial charge in [-0.25, -0.2) is 4.79 Å². The topological polar surface area (TPSA) is 88.1 Å². The highest BCUT2D eigenvalue weighted by Gasteiger charge is 2.39. The largest absolute Gasteiger partial charge is 0.448 e. The average molecular weight is 225 g/mol. The number of nitrogens with zero attached hydrogens (tertiary/aromatic N) is 1. The molecule has 0 aliphatic rings. The van der Waals surface area contributed by atoms with Crippen molar-refractivity contribution in [2.45, 2.75) is 6.18 Å². The number of alkyl halides is 3. The van der Waals surface area contributed by atoms with Gasteiger partial charge in [0, 0.05) is 13.1 Å². The summed E-state index contributed by atoms with van der Waals surface area (Å²) in [4.78, 5) is 10.1. The van der Waals surface area contributed by atoms with Crippen LogP contribution in [0.2, 0.25) is 0 Å². The minimum atomic E-state index is -4.55. The van der Waals surface area contributed by atoms with Crippen molar-refractivity contribution in [3.8, 4) is 6.07 Å². The molecule has 0 aromatic rings. The number of rotatable bonds is 5. The molecule has 0 bridgehead atoms. The smallest absolute Gasteiger partial charge is 0.405 e. The third-order valence-electron chi connectivity index (χ3n) is 1.42. The second-order valence-corrected chi connectivity index (χ2v) is 2.59. The van der Waals surface area contributed by atoms with Crippen molar-refractivity contribution < 1.29 is 22.7 Å². The molecule has 1 amide bonds. The van der Waals surface area contributed by atoms with Gasteiger partial charge in [0.25, 0.3) is 0 Å². The van der Waals surface area contributed by atoms with Gasteiger partial charge in [-0.05, 0) is 0 Å². The molecule has 15 heavy (non-hydrogen) atoms. The number of carbonyl (C=O) groups excluding carboxylic acids is 1. The zero-order valence-electron chi connectivity index (χ0n) is 7.67. The van der Waals surface area contributed by atoms with Crippen molar-refractivity contribution in [3.05, 3.63) is 0 Å². The van der Waals surface area contributed by atoms with Crippen LogP contribution >= 0.6 is 0 Å². The predicted octanol–water partition coefficient (Wildman–Crippen LogP) is 0.373. The summed E-state index contributed by atoms with van der Waals surface area (Å²) in [5, 5.41) is 10.5. The quantitative estimate of drug-likeness (QED) is 0.662. The van der Waals surface area contributed by atoms with Crippen LogP contribution in [-0.4, -0.2) is 32.0 Å². The molecular formula is C7H10F3N3O2. The van der Waals surface area contributed by atoms with Crippen molar-refractivity contribution in [2.24, 2.45) is 11.7 Å².